The van der Waals surface area contributed by atoms with Crippen LogP contribution >= 0.6 is 0 Å². The number of nitrogens with zero attached hydrogens (tertiary/aromatic N) is 4. The van der Waals surface area contributed by atoms with Crippen LogP contribution in [0.25, 0.3) is 5.69 Å². The Bertz CT molecular complexity index is 831. The second-order valence-electron chi connectivity index (χ2n) is 5.22. The summed E-state index contributed by atoms with van der Waals surface area (Å²) in [5.41, 5.74) is 3.41. The number of aromatic nitrogens is 4. The highest BCUT2D eigenvalue weighted by molar-refractivity contribution is 6.04. The molecule has 0 aliphatic heterocycles. The SMILES string of the molecule is Cc1cccc(-n2ncc(C(=O)Nc3ccn(C)n3)c2C)c1. The lowest BCUT2D eigenvalue weighted by Crippen LogP contribution is -2.13. The van der Waals surface area contributed by atoms with Crippen LogP contribution in [0.2, 0.25) is 0 Å². The van der Waals surface area contributed by atoms with E-state index in [0.717, 1.165) is 16.9 Å². The minimum absolute atomic E-state index is 0.213. The molecule has 0 unspecified atom stereocenters. The summed E-state index contributed by atoms with van der Waals surface area (Å²) in [6.45, 7) is 3.90. The van der Waals surface area contributed by atoms with Gasteiger partial charge in [0.1, 0.15) is 0 Å². The first-order valence-corrected chi connectivity index (χ1v) is 6.97. The Morgan fingerprint density at radius 3 is 2.73 bits per heavy atom. The van der Waals surface area contributed by atoms with Crippen molar-refractivity contribution in [3.05, 3.63) is 59.5 Å². The fourth-order valence-corrected chi connectivity index (χ4v) is 2.32. The van der Waals surface area contributed by atoms with Crippen LogP contribution in [-0.2, 0) is 7.05 Å². The average Bonchev–Trinajstić information content (AvgIpc) is 3.05. The minimum Gasteiger partial charge on any atom is -0.305 e. The summed E-state index contributed by atoms with van der Waals surface area (Å²) in [5.74, 6) is 0.310. The van der Waals surface area contributed by atoms with Crippen molar-refractivity contribution in [2.75, 3.05) is 5.32 Å². The molecule has 0 saturated heterocycles. The van der Waals surface area contributed by atoms with Gasteiger partial charge in [0.25, 0.3) is 5.91 Å². The molecule has 1 amide bonds. The van der Waals surface area contributed by atoms with Crippen LogP contribution in [0.5, 0.6) is 0 Å². The lowest BCUT2D eigenvalue weighted by molar-refractivity contribution is 0.102. The molecule has 3 aromatic rings. The molecule has 0 aliphatic rings. The van der Waals surface area contributed by atoms with E-state index in [4.69, 9.17) is 0 Å². The van der Waals surface area contributed by atoms with Gasteiger partial charge in [-0.25, -0.2) is 4.68 Å². The van der Waals surface area contributed by atoms with Gasteiger partial charge < -0.3 is 5.32 Å². The van der Waals surface area contributed by atoms with Crippen molar-refractivity contribution in [3.8, 4) is 5.69 Å². The number of nitrogens with one attached hydrogen (secondary N) is 1. The van der Waals surface area contributed by atoms with Gasteiger partial charge in [0.05, 0.1) is 23.1 Å². The summed E-state index contributed by atoms with van der Waals surface area (Å²) in [6.07, 6.45) is 3.36. The molecule has 2 heterocycles. The van der Waals surface area contributed by atoms with Crippen LogP contribution in [0, 0.1) is 13.8 Å². The first kappa shape index (κ1) is 14.1. The maximum absolute atomic E-state index is 12.3. The molecule has 6 heteroatoms. The molecule has 112 valence electrons. The van der Waals surface area contributed by atoms with Crippen LogP contribution in [0.3, 0.4) is 0 Å². The summed E-state index contributed by atoms with van der Waals surface area (Å²) in [7, 11) is 1.80. The third-order valence-electron chi connectivity index (χ3n) is 3.46. The van der Waals surface area contributed by atoms with Crippen molar-refractivity contribution in [1.82, 2.24) is 19.6 Å². The summed E-state index contributed by atoms with van der Waals surface area (Å²) in [6, 6.07) is 9.74. The van der Waals surface area contributed by atoms with Gasteiger partial charge in [-0.05, 0) is 31.5 Å². The van der Waals surface area contributed by atoms with E-state index in [9.17, 15) is 4.79 Å². The van der Waals surface area contributed by atoms with E-state index in [1.807, 2.05) is 38.1 Å². The number of hydrogen-bond donors (Lipinski definition) is 1. The molecule has 0 saturated carbocycles. The van der Waals surface area contributed by atoms with Crippen molar-refractivity contribution in [2.45, 2.75) is 13.8 Å². The molecule has 1 N–H and O–H groups in total. The van der Waals surface area contributed by atoms with E-state index in [-0.39, 0.29) is 5.91 Å². The fourth-order valence-electron chi connectivity index (χ4n) is 2.32. The molecule has 2 aromatic heterocycles. The molecule has 0 aliphatic carbocycles. The highest BCUT2D eigenvalue weighted by Crippen LogP contribution is 2.16. The topological polar surface area (TPSA) is 64.7 Å². The number of hydrogen-bond acceptors (Lipinski definition) is 3. The Morgan fingerprint density at radius 2 is 2.05 bits per heavy atom. The summed E-state index contributed by atoms with van der Waals surface area (Å²) >= 11 is 0. The first-order chi connectivity index (χ1) is 10.5. The monoisotopic (exact) mass is 295 g/mol. The smallest absolute Gasteiger partial charge is 0.260 e. The van der Waals surface area contributed by atoms with Crippen molar-refractivity contribution in [3.63, 3.8) is 0 Å². The van der Waals surface area contributed by atoms with Crippen LogP contribution in [0.15, 0.2) is 42.7 Å². The quantitative estimate of drug-likeness (QED) is 0.807. The highest BCUT2D eigenvalue weighted by atomic mass is 16.1. The Hall–Kier alpha value is -2.89. The number of anilines is 1. The van der Waals surface area contributed by atoms with Gasteiger partial charge in [-0.2, -0.15) is 10.2 Å². The number of amides is 1. The lowest BCUT2D eigenvalue weighted by Gasteiger charge is -2.06. The molecule has 3 rings (SSSR count). The number of benzene rings is 1. The zero-order valence-electron chi connectivity index (χ0n) is 12.7. The normalized spacial score (nSPS) is 10.7. The number of carbonyl (C=O) groups excluding carboxylic acids is 1. The van der Waals surface area contributed by atoms with Gasteiger partial charge in [-0.1, -0.05) is 12.1 Å². The Morgan fingerprint density at radius 1 is 1.23 bits per heavy atom. The predicted octanol–water partition coefficient (Wildman–Crippen LogP) is 2.47. The molecule has 0 spiro atoms. The van der Waals surface area contributed by atoms with E-state index in [1.54, 1.807) is 34.9 Å². The third kappa shape index (κ3) is 2.63. The van der Waals surface area contributed by atoms with E-state index in [1.165, 1.54) is 0 Å². The maximum atomic E-state index is 12.3. The molecular weight excluding hydrogens is 278 g/mol. The van der Waals surface area contributed by atoms with Gasteiger partial charge in [0.2, 0.25) is 0 Å². The van der Waals surface area contributed by atoms with Crippen LogP contribution < -0.4 is 5.32 Å². The predicted molar refractivity (Wildman–Crippen MR) is 84.2 cm³/mol. The second-order valence-corrected chi connectivity index (χ2v) is 5.22. The largest absolute Gasteiger partial charge is 0.305 e. The molecule has 1 aromatic carbocycles. The zero-order valence-corrected chi connectivity index (χ0v) is 12.7. The van der Waals surface area contributed by atoms with Crippen LogP contribution in [-0.4, -0.2) is 25.5 Å². The molecular formula is C16H17N5O. The van der Waals surface area contributed by atoms with Gasteiger partial charge in [0, 0.05) is 19.3 Å². The molecule has 0 atom stereocenters. The highest BCUT2D eigenvalue weighted by Gasteiger charge is 2.16. The maximum Gasteiger partial charge on any atom is 0.260 e. The standard InChI is InChI=1S/C16H17N5O/c1-11-5-4-6-13(9-11)21-12(2)14(10-17-21)16(22)18-15-7-8-20(3)19-15/h4-10H,1-3H3,(H,18,19,22). The number of carbonyl (C=O) groups is 1. The third-order valence-corrected chi connectivity index (χ3v) is 3.46. The minimum atomic E-state index is -0.213. The molecule has 0 radical (unpaired) electrons. The van der Waals surface area contributed by atoms with Crippen molar-refractivity contribution >= 4 is 11.7 Å². The number of aryl methyl sites for hydroxylation is 2. The molecule has 6 nitrogen and oxygen atoms in total. The molecule has 0 bridgehead atoms. The van der Waals surface area contributed by atoms with E-state index >= 15 is 0 Å². The Kier molecular flexibility index (Phi) is 3.50. The lowest BCUT2D eigenvalue weighted by atomic mass is 10.2. The van der Waals surface area contributed by atoms with E-state index < -0.39 is 0 Å². The van der Waals surface area contributed by atoms with E-state index in [0.29, 0.717) is 11.4 Å². The average molecular weight is 295 g/mol. The van der Waals surface area contributed by atoms with Gasteiger partial charge in [-0.15, -0.1) is 0 Å². The van der Waals surface area contributed by atoms with Crippen molar-refractivity contribution in [2.24, 2.45) is 7.05 Å². The van der Waals surface area contributed by atoms with Crippen molar-refractivity contribution < 1.29 is 4.79 Å². The Labute approximate surface area is 128 Å². The van der Waals surface area contributed by atoms with Gasteiger partial charge in [0.15, 0.2) is 5.82 Å². The molecule has 22 heavy (non-hydrogen) atoms. The zero-order chi connectivity index (χ0) is 15.7. The first-order valence-electron chi connectivity index (χ1n) is 6.97. The van der Waals surface area contributed by atoms with Gasteiger partial charge >= 0.3 is 0 Å². The number of rotatable bonds is 3. The fraction of sp³-hybridized carbons (Fsp3) is 0.188. The second kappa shape index (κ2) is 5.48. The summed E-state index contributed by atoms with van der Waals surface area (Å²) < 4.78 is 3.40. The van der Waals surface area contributed by atoms with E-state index in [2.05, 4.69) is 15.5 Å². The molecule has 0 fully saturated rings. The Balaban J connectivity index is 1.88. The van der Waals surface area contributed by atoms with Crippen molar-refractivity contribution in [1.29, 1.82) is 0 Å². The van der Waals surface area contributed by atoms with Gasteiger partial charge in [-0.3, -0.25) is 9.48 Å². The summed E-state index contributed by atoms with van der Waals surface area (Å²) in [4.78, 5) is 12.3. The van der Waals surface area contributed by atoms with Crippen LogP contribution in [0.1, 0.15) is 21.6 Å². The van der Waals surface area contributed by atoms with Crippen LogP contribution in [0.4, 0.5) is 5.82 Å². The summed E-state index contributed by atoms with van der Waals surface area (Å²) in [5, 5.41) is 11.2.